The Morgan fingerprint density at radius 2 is 1.81 bits per heavy atom. The van der Waals surface area contributed by atoms with Crippen molar-refractivity contribution in [3.05, 3.63) is 30.3 Å². The molecule has 1 aromatic carbocycles. The third kappa shape index (κ3) is 2.08. The first-order valence-corrected chi connectivity index (χ1v) is 5.72. The molecule has 0 saturated heterocycles. The second-order valence-electron chi connectivity index (χ2n) is 3.63. The monoisotopic (exact) mass is 215 g/mol. The highest BCUT2D eigenvalue weighted by molar-refractivity contribution is 5.92. The summed E-state index contributed by atoms with van der Waals surface area (Å²) in [6, 6.07) is 10.3. The normalized spacial score (nSPS) is 10.4. The van der Waals surface area contributed by atoms with Gasteiger partial charge in [-0.15, -0.1) is 0 Å². The number of nitrogens with zero attached hydrogens (tertiary/aromatic N) is 1. The number of benzene rings is 1. The fraction of sp³-hybridized carbons (Fsp3) is 0.308. The fourth-order valence-corrected chi connectivity index (χ4v) is 1.78. The summed E-state index contributed by atoms with van der Waals surface area (Å²) in [5.74, 6) is 0.934. The molecule has 1 heterocycles. The number of rotatable bonds is 4. The minimum Gasteiger partial charge on any atom is -0.385 e. The van der Waals surface area contributed by atoms with Crippen LogP contribution in [0.3, 0.4) is 0 Å². The Bertz CT molecular complexity index is 480. The summed E-state index contributed by atoms with van der Waals surface area (Å²) in [7, 11) is 0. The molecule has 0 fully saturated rings. The molecule has 3 nitrogen and oxygen atoms in total. The molecule has 0 amide bonds. The van der Waals surface area contributed by atoms with Crippen LogP contribution in [-0.2, 0) is 0 Å². The van der Waals surface area contributed by atoms with Crippen LogP contribution in [0.2, 0.25) is 0 Å². The summed E-state index contributed by atoms with van der Waals surface area (Å²) in [4.78, 5) is 4.56. The number of pyridine rings is 1. The van der Waals surface area contributed by atoms with Gasteiger partial charge in [0.05, 0.1) is 5.52 Å². The molecule has 1 aromatic heterocycles. The standard InChI is InChI=1S/C13H17N3/c1-3-14-11-6-5-7-12-10(11)8-9-13(16-12)15-4-2/h5-9,14H,3-4H2,1-2H3,(H,15,16). The Morgan fingerprint density at radius 3 is 2.56 bits per heavy atom. The molecule has 0 unspecified atom stereocenters. The van der Waals surface area contributed by atoms with Gasteiger partial charge < -0.3 is 10.6 Å². The number of anilines is 2. The zero-order chi connectivity index (χ0) is 11.4. The highest BCUT2D eigenvalue weighted by Crippen LogP contribution is 2.23. The summed E-state index contributed by atoms with van der Waals surface area (Å²) >= 11 is 0. The molecule has 0 atom stereocenters. The van der Waals surface area contributed by atoms with Gasteiger partial charge in [0.25, 0.3) is 0 Å². The van der Waals surface area contributed by atoms with E-state index in [2.05, 4.69) is 41.6 Å². The number of nitrogens with one attached hydrogen (secondary N) is 2. The molecule has 0 bridgehead atoms. The molecule has 2 N–H and O–H groups in total. The number of aromatic nitrogens is 1. The summed E-state index contributed by atoms with van der Waals surface area (Å²) in [5.41, 5.74) is 2.17. The second-order valence-corrected chi connectivity index (χ2v) is 3.63. The third-order valence-corrected chi connectivity index (χ3v) is 2.46. The predicted octanol–water partition coefficient (Wildman–Crippen LogP) is 3.10. The molecule has 0 aliphatic heterocycles. The lowest BCUT2D eigenvalue weighted by atomic mass is 10.2. The molecular weight excluding hydrogens is 198 g/mol. The molecule has 0 aliphatic rings. The van der Waals surface area contributed by atoms with Crippen molar-refractivity contribution in [2.24, 2.45) is 0 Å². The van der Waals surface area contributed by atoms with Crippen molar-refractivity contribution >= 4 is 22.4 Å². The van der Waals surface area contributed by atoms with E-state index in [4.69, 9.17) is 0 Å². The summed E-state index contributed by atoms with van der Waals surface area (Å²) in [5, 5.41) is 7.73. The zero-order valence-electron chi connectivity index (χ0n) is 9.75. The van der Waals surface area contributed by atoms with Crippen molar-refractivity contribution in [3.63, 3.8) is 0 Å². The van der Waals surface area contributed by atoms with Gasteiger partial charge in [-0.3, -0.25) is 0 Å². The van der Waals surface area contributed by atoms with Gasteiger partial charge in [-0.05, 0) is 38.1 Å². The van der Waals surface area contributed by atoms with Gasteiger partial charge in [0.2, 0.25) is 0 Å². The smallest absolute Gasteiger partial charge is 0.126 e. The van der Waals surface area contributed by atoms with Crippen molar-refractivity contribution in [2.75, 3.05) is 23.7 Å². The second kappa shape index (κ2) is 4.84. The highest BCUT2D eigenvalue weighted by Gasteiger charge is 2.01. The van der Waals surface area contributed by atoms with Gasteiger partial charge in [0, 0.05) is 24.2 Å². The maximum absolute atomic E-state index is 4.56. The van der Waals surface area contributed by atoms with E-state index in [-0.39, 0.29) is 0 Å². The van der Waals surface area contributed by atoms with E-state index in [1.807, 2.05) is 18.2 Å². The molecule has 3 heteroatoms. The topological polar surface area (TPSA) is 37.0 Å². The van der Waals surface area contributed by atoms with Crippen LogP contribution in [0.25, 0.3) is 10.9 Å². The Kier molecular flexibility index (Phi) is 3.25. The molecule has 0 radical (unpaired) electrons. The lowest BCUT2D eigenvalue weighted by molar-refractivity contribution is 1.17. The van der Waals surface area contributed by atoms with Gasteiger partial charge in [-0.1, -0.05) is 6.07 Å². The molecule has 2 aromatic rings. The van der Waals surface area contributed by atoms with Crippen molar-refractivity contribution in [1.82, 2.24) is 4.98 Å². The maximum Gasteiger partial charge on any atom is 0.126 e. The van der Waals surface area contributed by atoms with Crippen molar-refractivity contribution in [3.8, 4) is 0 Å². The van der Waals surface area contributed by atoms with Crippen LogP contribution in [0.15, 0.2) is 30.3 Å². The van der Waals surface area contributed by atoms with E-state index in [1.165, 1.54) is 5.39 Å². The van der Waals surface area contributed by atoms with Crippen LogP contribution < -0.4 is 10.6 Å². The Balaban J connectivity index is 2.46. The number of fused-ring (bicyclic) bond motifs is 1. The van der Waals surface area contributed by atoms with Crippen LogP contribution in [0.1, 0.15) is 13.8 Å². The predicted molar refractivity (Wildman–Crippen MR) is 70.1 cm³/mol. The van der Waals surface area contributed by atoms with Crippen LogP contribution >= 0.6 is 0 Å². The zero-order valence-corrected chi connectivity index (χ0v) is 9.75. The summed E-state index contributed by atoms with van der Waals surface area (Å²) in [6.07, 6.45) is 0. The molecule has 2 rings (SSSR count). The van der Waals surface area contributed by atoms with E-state index in [1.54, 1.807) is 0 Å². The van der Waals surface area contributed by atoms with E-state index in [9.17, 15) is 0 Å². The first-order valence-electron chi connectivity index (χ1n) is 5.72. The van der Waals surface area contributed by atoms with Gasteiger partial charge in [-0.25, -0.2) is 4.98 Å². The minimum atomic E-state index is 0.894. The minimum absolute atomic E-state index is 0.894. The number of hydrogen-bond donors (Lipinski definition) is 2. The Labute approximate surface area is 95.9 Å². The quantitative estimate of drug-likeness (QED) is 0.823. The van der Waals surface area contributed by atoms with Crippen LogP contribution in [0.5, 0.6) is 0 Å². The summed E-state index contributed by atoms with van der Waals surface area (Å²) in [6.45, 7) is 5.99. The molecular formula is C13H17N3. The highest BCUT2D eigenvalue weighted by atomic mass is 15.0. The largest absolute Gasteiger partial charge is 0.385 e. The van der Waals surface area contributed by atoms with Gasteiger partial charge in [0.15, 0.2) is 0 Å². The van der Waals surface area contributed by atoms with Gasteiger partial charge in [-0.2, -0.15) is 0 Å². The lowest BCUT2D eigenvalue weighted by Crippen LogP contribution is -2.00. The van der Waals surface area contributed by atoms with Crippen LogP contribution in [0, 0.1) is 0 Å². The Morgan fingerprint density at radius 1 is 1.00 bits per heavy atom. The first kappa shape index (κ1) is 10.7. The average molecular weight is 215 g/mol. The molecule has 84 valence electrons. The van der Waals surface area contributed by atoms with E-state index >= 15 is 0 Å². The van der Waals surface area contributed by atoms with Gasteiger partial charge in [0.1, 0.15) is 5.82 Å². The van der Waals surface area contributed by atoms with Crippen molar-refractivity contribution in [1.29, 1.82) is 0 Å². The Hall–Kier alpha value is -1.77. The van der Waals surface area contributed by atoms with Crippen molar-refractivity contribution < 1.29 is 0 Å². The summed E-state index contributed by atoms with van der Waals surface area (Å²) < 4.78 is 0. The fourth-order valence-electron chi connectivity index (χ4n) is 1.78. The molecule has 0 saturated carbocycles. The lowest BCUT2D eigenvalue weighted by Gasteiger charge is -2.09. The number of hydrogen-bond acceptors (Lipinski definition) is 3. The van der Waals surface area contributed by atoms with E-state index in [0.717, 1.165) is 30.1 Å². The molecule has 0 spiro atoms. The van der Waals surface area contributed by atoms with Crippen LogP contribution in [-0.4, -0.2) is 18.1 Å². The first-order chi connectivity index (χ1) is 7.85. The van der Waals surface area contributed by atoms with Gasteiger partial charge >= 0.3 is 0 Å². The maximum atomic E-state index is 4.56. The molecule has 0 aliphatic carbocycles. The van der Waals surface area contributed by atoms with Crippen LogP contribution in [0.4, 0.5) is 11.5 Å². The van der Waals surface area contributed by atoms with E-state index < -0.39 is 0 Å². The molecule has 16 heavy (non-hydrogen) atoms. The third-order valence-electron chi connectivity index (χ3n) is 2.46. The SMILES string of the molecule is CCNc1ccc2c(NCC)cccc2n1. The average Bonchev–Trinajstić information content (AvgIpc) is 2.30. The van der Waals surface area contributed by atoms with E-state index in [0.29, 0.717) is 0 Å². The van der Waals surface area contributed by atoms with Crippen molar-refractivity contribution in [2.45, 2.75) is 13.8 Å².